The van der Waals surface area contributed by atoms with Crippen LogP contribution in [0.1, 0.15) is 61.0 Å². The fourth-order valence-electron chi connectivity index (χ4n) is 4.69. The summed E-state index contributed by atoms with van der Waals surface area (Å²) in [5.74, 6) is -0.936. The zero-order valence-corrected chi connectivity index (χ0v) is 27.0. The molecule has 0 saturated carbocycles. The number of amides is 4. The van der Waals surface area contributed by atoms with Crippen molar-refractivity contribution in [3.63, 3.8) is 0 Å². The van der Waals surface area contributed by atoms with Crippen molar-refractivity contribution in [2.24, 2.45) is 5.92 Å². The van der Waals surface area contributed by atoms with E-state index in [1.54, 1.807) is 34.6 Å². The predicted octanol–water partition coefficient (Wildman–Crippen LogP) is 2.57. The third kappa shape index (κ3) is 11.8. The van der Waals surface area contributed by atoms with Gasteiger partial charge >= 0.3 is 6.09 Å². The van der Waals surface area contributed by atoms with Gasteiger partial charge in [-0.25, -0.2) is 4.79 Å². The molecule has 4 amide bonds. The van der Waals surface area contributed by atoms with Gasteiger partial charge in [0.2, 0.25) is 11.8 Å². The number of ether oxygens (including phenoxy) is 1. The normalized spacial score (nSPS) is 18.5. The SMILES string of the molecule is CC(C)[C@H](NC(=O)S)C(=O)N[C@@H](Cc1ccccc1)[C@H](O)CN1CCN(C(=O)OC(C)(C)C)C[C@H]1C(=O)NC(C)(C)C. The first-order valence-corrected chi connectivity index (χ1v) is 14.9. The number of hydrogen-bond donors (Lipinski definition) is 5. The average Bonchev–Trinajstić information content (AvgIpc) is 2.85. The monoisotopic (exact) mass is 607 g/mol. The Balaban J connectivity index is 2.31. The maximum atomic E-state index is 13.4. The molecule has 0 unspecified atom stereocenters. The topological polar surface area (TPSA) is 140 Å². The van der Waals surface area contributed by atoms with Crippen molar-refractivity contribution in [2.75, 3.05) is 26.2 Å². The second kappa shape index (κ2) is 15.1. The molecular formula is C30H49N5O6S. The highest BCUT2D eigenvalue weighted by molar-refractivity contribution is 7.96. The lowest BCUT2D eigenvalue weighted by atomic mass is 9.97. The van der Waals surface area contributed by atoms with Crippen LogP contribution in [0.5, 0.6) is 0 Å². The summed E-state index contributed by atoms with van der Waals surface area (Å²) in [6.07, 6.45) is -1.26. The van der Waals surface area contributed by atoms with E-state index in [1.807, 2.05) is 56.0 Å². The zero-order valence-electron chi connectivity index (χ0n) is 26.1. The summed E-state index contributed by atoms with van der Waals surface area (Å²) in [5, 5.41) is 19.4. The van der Waals surface area contributed by atoms with Gasteiger partial charge in [0.1, 0.15) is 17.7 Å². The van der Waals surface area contributed by atoms with Gasteiger partial charge in [0, 0.05) is 31.7 Å². The van der Waals surface area contributed by atoms with Crippen LogP contribution in [-0.2, 0) is 20.7 Å². The number of piperazine rings is 1. The van der Waals surface area contributed by atoms with Gasteiger partial charge in [-0.2, -0.15) is 0 Å². The lowest BCUT2D eigenvalue weighted by Crippen LogP contribution is -2.64. The molecule has 0 bridgehead atoms. The van der Waals surface area contributed by atoms with Crippen molar-refractivity contribution in [3.8, 4) is 0 Å². The minimum absolute atomic E-state index is 0.0629. The maximum Gasteiger partial charge on any atom is 0.410 e. The summed E-state index contributed by atoms with van der Waals surface area (Å²) < 4.78 is 5.54. The number of carbonyl (C=O) groups is 4. The van der Waals surface area contributed by atoms with Crippen LogP contribution in [0.25, 0.3) is 0 Å². The minimum Gasteiger partial charge on any atom is -0.444 e. The molecule has 1 aromatic rings. The Labute approximate surface area is 255 Å². The van der Waals surface area contributed by atoms with Gasteiger partial charge in [-0.05, 0) is 59.4 Å². The van der Waals surface area contributed by atoms with E-state index in [0.29, 0.717) is 19.5 Å². The standard InChI is InChI=1S/C30H49N5O6S/c1-19(2)24(32-27(39)42)26(38)31-21(16-20-12-10-9-11-13-20)23(36)18-34-14-15-35(28(40)41-30(6,7)8)17-22(34)25(37)33-29(3,4)5/h9-13,19,21-24,36H,14-18H2,1-8H3,(H,31,38)(H,33,37)(H2,32,39,42)/t21-,22-,23+,24-/m0/s1. The molecule has 236 valence electrons. The van der Waals surface area contributed by atoms with E-state index in [1.165, 1.54) is 4.90 Å². The Morgan fingerprint density at radius 2 is 1.64 bits per heavy atom. The van der Waals surface area contributed by atoms with Crippen LogP contribution in [0.4, 0.5) is 9.59 Å². The highest BCUT2D eigenvalue weighted by atomic mass is 32.1. The molecule has 1 aliphatic heterocycles. The molecule has 4 atom stereocenters. The van der Waals surface area contributed by atoms with Crippen LogP contribution >= 0.6 is 12.6 Å². The maximum absolute atomic E-state index is 13.4. The van der Waals surface area contributed by atoms with E-state index in [2.05, 4.69) is 28.6 Å². The van der Waals surface area contributed by atoms with Crippen LogP contribution in [0, 0.1) is 5.92 Å². The number of benzene rings is 1. The second-order valence-corrected chi connectivity index (χ2v) is 13.6. The first-order chi connectivity index (χ1) is 19.4. The van der Waals surface area contributed by atoms with Crippen molar-refractivity contribution in [1.29, 1.82) is 0 Å². The molecule has 1 fully saturated rings. The van der Waals surface area contributed by atoms with Crippen molar-refractivity contribution in [2.45, 2.75) is 97.2 Å². The van der Waals surface area contributed by atoms with E-state index in [0.717, 1.165) is 5.56 Å². The van der Waals surface area contributed by atoms with E-state index >= 15 is 0 Å². The smallest absolute Gasteiger partial charge is 0.410 e. The van der Waals surface area contributed by atoms with Crippen molar-refractivity contribution in [3.05, 3.63) is 35.9 Å². The van der Waals surface area contributed by atoms with Gasteiger partial charge in [-0.3, -0.25) is 19.3 Å². The highest BCUT2D eigenvalue weighted by Gasteiger charge is 2.39. The molecule has 0 radical (unpaired) electrons. The van der Waals surface area contributed by atoms with Crippen molar-refractivity contribution in [1.82, 2.24) is 25.8 Å². The van der Waals surface area contributed by atoms with Gasteiger partial charge in [-0.15, -0.1) is 0 Å². The van der Waals surface area contributed by atoms with Crippen LogP contribution < -0.4 is 16.0 Å². The summed E-state index contributed by atoms with van der Waals surface area (Å²) in [7, 11) is 0. The third-order valence-electron chi connectivity index (χ3n) is 6.68. The number of nitrogens with zero attached hydrogens (tertiary/aromatic N) is 2. The summed E-state index contributed by atoms with van der Waals surface area (Å²) in [4.78, 5) is 54.5. The van der Waals surface area contributed by atoms with Crippen LogP contribution in [0.3, 0.4) is 0 Å². The Bertz CT molecular complexity index is 1070. The van der Waals surface area contributed by atoms with E-state index in [9.17, 15) is 24.3 Å². The fraction of sp³-hybridized carbons (Fsp3) is 0.667. The molecule has 1 aromatic carbocycles. The fourth-order valence-corrected chi connectivity index (χ4v) is 4.83. The molecule has 42 heavy (non-hydrogen) atoms. The van der Waals surface area contributed by atoms with Crippen molar-refractivity contribution >= 4 is 35.8 Å². The number of aliphatic hydroxyl groups excluding tert-OH is 1. The second-order valence-electron chi connectivity index (χ2n) is 13.2. The summed E-state index contributed by atoms with van der Waals surface area (Å²) >= 11 is 3.77. The van der Waals surface area contributed by atoms with Crippen LogP contribution in [-0.4, -0.2) is 99.6 Å². The highest BCUT2D eigenvalue weighted by Crippen LogP contribution is 2.18. The predicted molar refractivity (Wildman–Crippen MR) is 165 cm³/mol. The first-order valence-electron chi connectivity index (χ1n) is 14.4. The van der Waals surface area contributed by atoms with Gasteiger partial charge in [0.05, 0.1) is 12.1 Å². The molecule has 0 aliphatic carbocycles. The number of aliphatic hydroxyl groups is 1. The van der Waals surface area contributed by atoms with Crippen LogP contribution in [0.15, 0.2) is 30.3 Å². The molecule has 1 heterocycles. The number of carbonyl (C=O) groups excluding carboxylic acids is 4. The number of hydrogen-bond acceptors (Lipinski definition) is 7. The quantitative estimate of drug-likeness (QED) is 0.258. The molecule has 1 saturated heterocycles. The number of thiol groups is 1. The Hall–Kier alpha value is -2.83. The number of nitrogens with one attached hydrogen (secondary N) is 3. The lowest BCUT2D eigenvalue weighted by molar-refractivity contribution is -0.132. The summed E-state index contributed by atoms with van der Waals surface area (Å²) in [6.45, 7) is 15.4. The van der Waals surface area contributed by atoms with Gasteiger partial charge in [0.25, 0.3) is 5.24 Å². The number of rotatable bonds is 10. The van der Waals surface area contributed by atoms with E-state index in [-0.39, 0.29) is 24.9 Å². The van der Waals surface area contributed by atoms with E-state index < -0.39 is 52.6 Å². The molecule has 0 spiro atoms. The lowest BCUT2D eigenvalue weighted by Gasteiger charge is -2.43. The summed E-state index contributed by atoms with van der Waals surface area (Å²) in [6, 6.07) is 7.12. The summed E-state index contributed by atoms with van der Waals surface area (Å²) in [5.41, 5.74) is -0.294. The zero-order chi connectivity index (χ0) is 31.8. The molecule has 0 aromatic heterocycles. The van der Waals surface area contributed by atoms with Gasteiger partial charge in [-0.1, -0.05) is 56.8 Å². The van der Waals surface area contributed by atoms with Crippen LogP contribution in [0.2, 0.25) is 0 Å². The van der Waals surface area contributed by atoms with Gasteiger partial charge < -0.3 is 30.7 Å². The molecule has 1 aliphatic rings. The average molecular weight is 608 g/mol. The Kier molecular flexibility index (Phi) is 12.7. The molecule has 12 heteroatoms. The molecule has 4 N–H and O–H groups in total. The third-order valence-corrected chi connectivity index (χ3v) is 6.81. The van der Waals surface area contributed by atoms with E-state index in [4.69, 9.17) is 4.74 Å². The molecule has 11 nitrogen and oxygen atoms in total. The minimum atomic E-state index is -1.08. The molecular weight excluding hydrogens is 558 g/mol. The van der Waals surface area contributed by atoms with Crippen molar-refractivity contribution < 1.29 is 29.0 Å². The number of β-amino-alcohol motifs (C(OH)–C–C–N with tert-alkyl or cyclic N) is 1. The molecule has 2 rings (SSSR count). The Morgan fingerprint density at radius 1 is 1.02 bits per heavy atom. The Morgan fingerprint density at radius 3 is 2.17 bits per heavy atom. The largest absolute Gasteiger partial charge is 0.444 e. The van der Waals surface area contributed by atoms with Gasteiger partial charge in [0.15, 0.2) is 0 Å². The first kappa shape index (κ1) is 35.4.